The van der Waals surface area contributed by atoms with Crippen molar-refractivity contribution < 1.29 is 64.6 Å². The average molecular weight is 645 g/mol. The molecule has 4 rings (SSSR count). The van der Waals surface area contributed by atoms with E-state index < -0.39 is 86.0 Å². The summed E-state index contributed by atoms with van der Waals surface area (Å²) in [4.78, 5) is 13.8. The number of allylic oxidation sites excluding steroid dienone is 2. The van der Waals surface area contributed by atoms with E-state index >= 15 is 0 Å². The molecule has 4 fully saturated rings. The van der Waals surface area contributed by atoms with E-state index in [-0.39, 0.29) is 23.9 Å². The van der Waals surface area contributed by atoms with Gasteiger partial charge in [0, 0.05) is 0 Å². The smallest absolute Gasteiger partial charge is 0.314 e. The largest absolute Gasteiger partial charge is 0.432 e. The molecule has 0 radical (unpaired) electrons. The van der Waals surface area contributed by atoms with Crippen LogP contribution in [0.3, 0.4) is 0 Å². The predicted octanol–water partition coefficient (Wildman–Crippen LogP) is -0.349. The lowest BCUT2D eigenvalue weighted by molar-refractivity contribution is -0.298. The minimum atomic E-state index is -1.66. The van der Waals surface area contributed by atoms with Crippen LogP contribution in [0.25, 0.3) is 0 Å². The van der Waals surface area contributed by atoms with Gasteiger partial charge < -0.3 is 59.8 Å². The maximum atomic E-state index is 13.8. The zero-order valence-corrected chi connectivity index (χ0v) is 26.4. The molecule has 2 heterocycles. The highest BCUT2D eigenvalue weighted by atomic mass is 16.7. The third-order valence-corrected chi connectivity index (χ3v) is 10.9. The normalized spacial score (nSPS) is 46.0. The van der Waals surface area contributed by atoms with Gasteiger partial charge in [0.05, 0.1) is 25.2 Å². The summed E-state index contributed by atoms with van der Waals surface area (Å²) in [6.45, 7) is 9.38. The summed E-state index contributed by atoms with van der Waals surface area (Å²) < 4.78 is 22.1. The van der Waals surface area contributed by atoms with E-state index in [0.29, 0.717) is 6.42 Å². The minimum Gasteiger partial charge on any atom is -0.432 e. The van der Waals surface area contributed by atoms with E-state index in [2.05, 4.69) is 13.5 Å². The number of hydrogen-bond donors (Lipinski definition) is 8. The number of carbonyl (C=O) groups excluding carboxylic acids is 1. The zero-order chi connectivity index (χ0) is 33.3. The molecule has 8 N–H and O–H groups in total. The molecule has 0 aromatic heterocycles. The van der Waals surface area contributed by atoms with E-state index in [1.165, 1.54) is 0 Å². The van der Waals surface area contributed by atoms with Crippen molar-refractivity contribution >= 4 is 5.97 Å². The fourth-order valence-electron chi connectivity index (χ4n) is 8.10. The van der Waals surface area contributed by atoms with Crippen molar-refractivity contribution in [1.29, 1.82) is 0 Å². The second-order valence-electron chi connectivity index (χ2n) is 13.8. The molecular weight excluding hydrogens is 592 g/mol. The first kappa shape index (κ1) is 36.3. The highest BCUT2D eigenvalue weighted by molar-refractivity contribution is 5.77. The monoisotopic (exact) mass is 644 g/mol. The van der Waals surface area contributed by atoms with Gasteiger partial charge in [0.15, 0.2) is 6.29 Å². The summed E-state index contributed by atoms with van der Waals surface area (Å²) in [6.07, 6.45) is -7.11. The molecule has 45 heavy (non-hydrogen) atoms. The van der Waals surface area contributed by atoms with Gasteiger partial charge in [-0.15, -0.1) is 0 Å². The molecule has 0 aromatic rings. The Morgan fingerprint density at radius 2 is 1.49 bits per heavy atom. The number of fused-ring (bicyclic) bond motifs is 1. The Balaban J connectivity index is 1.39. The van der Waals surface area contributed by atoms with Crippen molar-refractivity contribution in [2.45, 2.75) is 127 Å². The first-order valence-corrected chi connectivity index (χ1v) is 16.0. The molecular formula is C32H52O13. The molecule has 0 bridgehead atoms. The van der Waals surface area contributed by atoms with Crippen LogP contribution in [0, 0.1) is 22.7 Å². The lowest BCUT2D eigenvalue weighted by Crippen LogP contribution is -2.61. The van der Waals surface area contributed by atoms with Crippen LogP contribution in [0.2, 0.25) is 0 Å². The Kier molecular flexibility index (Phi) is 11.9. The SMILES string of the molecule is C=C1CC[C@H]2[C@@](C)(CCC[C@]2(C)C(=O)O[C@@H]2O[C@H](CO)[C@@H](O)[C@H](O)[C@H]2O)[C@@H]1CC/C(C)=C/CO[C@@H]1O[C@H](CO)[C@@H](O)[C@H](O)[C@H]1O. The van der Waals surface area contributed by atoms with Crippen molar-refractivity contribution in [2.24, 2.45) is 22.7 Å². The molecule has 2 aliphatic heterocycles. The molecule has 0 amide bonds. The third kappa shape index (κ3) is 7.19. The molecule has 0 spiro atoms. The summed E-state index contributed by atoms with van der Waals surface area (Å²) in [5, 5.41) is 79.8. The predicted molar refractivity (Wildman–Crippen MR) is 158 cm³/mol. The maximum Gasteiger partial charge on any atom is 0.314 e. The molecule has 2 saturated carbocycles. The van der Waals surface area contributed by atoms with E-state index in [1.54, 1.807) is 0 Å². The van der Waals surface area contributed by atoms with Gasteiger partial charge in [-0.25, -0.2) is 0 Å². The number of aliphatic hydroxyl groups is 8. The number of carbonyl (C=O) groups is 1. The van der Waals surface area contributed by atoms with Crippen LogP contribution in [-0.2, 0) is 23.7 Å². The second-order valence-corrected chi connectivity index (χ2v) is 13.8. The number of hydrogen-bond acceptors (Lipinski definition) is 13. The Morgan fingerprint density at radius 1 is 0.911 bits per heavy atom. The van der Waals surface area contributed by atoms with Gasteiger partial charge in [0.2, 0.25) is 6.29 Å². The molecule has 0 aromatic carbocycles. The number of rotatable bonds is 10. The molecule has 13 nitrogen and oxygen atoms in total. The molecule has 258 valence electrons. The van der Waals surface area contributed by atoms with Crippen molar-refractivity contribution in [3.8, 4) is 0 Å². The van der Waals surface area contributed by atoms with Gasteiger partial charge in [-0.05, 0) is 69.6 Å². The van der Waals surface area contributed by atoms with Crippen molar-refractivity contribution in [3.05, 3.63) is 23.8 Å². The van der Waals surface area contributed by atoms with Crippen LogP contribution < -0.4 is 0 Å². The van der Waals surface area contributed by atoms with Gasteiger partial charge >= 0.3 is 5.97 Å². The standard InChI is InChI=1S/C32H52O13/c1-16(10-13-42-28-26(39)24(37)22(35)19(14-33)43-28)6-8-18-17(2)7-9-21-31(18,3)11-5-12-32(21,4)30(41)45-29-27(40)25(38)23(36)20(15-34)44-29/h10,18-29,33-40H,2,5-9,11-15H2,1,3-4H3/b16-10+/t18-,19-,20-,21+,22-,23-,24+,25+,26-,27-,28-,29+,31+,32+/m1/s1. The van der Waals surface area contributed by atoms with E-state index in [0.717, 1.165) is 49.7 Å². The Morgan fingerprint density at radius 3 is 2.09 bits per heavy atom. The summed E-state index contributed by atoms with van der Waals surface area (Å²) in [5.41, 5.74) is 1.00. The van der Waals surface area contributed by atoms with Crippen LogP contribution >= 0.6 is 0 Å². The molecule has 0 unspecified atom stereocenters. The first-order valence-electron chi connectivity index (χ1n) is 16.0. The quantitative estimate of drug-likeness (QED) is 0.113. The zero-order valence-electron chi connectivity index (χ0n) is 26.4. The first-order chi connectivity index (χ1) is 21.2. The minimum absolute atomic E-state index is 0.0505. The fourth-order valence-corrected chi connectivity index (χ4v) is 8.10. The summed E-state index contributed by atoms with van der Waals surface area (Å²) in [5.74, 6) is -0.480. The summed E-state index contributed by atoms with van der Waals surface area (Å²) in [7, 11) is 0. The van der Waals surface area contributed by atoms with Crippen LogP contribution in [0.5, 0.6) is 0 Å². The fraction of sp³-hybridized carbons (Fsp3) is 0.844. The lowest BCUT2D eigenvalue weighted by Gasteiger charge is -2.58. The van der Waals surface area contributed by atoms with Crippen molar-refractivity contribution in [1.82, 2.24) is 0 Å². The molecule has 2 aliphatic carbocycles. The summed E-state index contributed by atoms with van der Waals surface area (Å²) >= 11 is 0. The van der Waals surface area contributed by atoms with Gasteiger partial charge in [-0.1, -0.05) is 37.1 Å². The van der Waals surface area contributed by atoms with Crippen LogP contribution in [0.4, 0.5) is 0 Å². The van der Waals surface area contributed by atoms with Crippen LogP contribution in [0.1, 0.15) is 65.7 Å². The highest BCUT2D eigenvalue weighted by Crippen LogP contribution is 2.62. The van der Waals surface area contributed by atoms with Crippen molar-refractivity contribution in [2.75, 3.05) is 19.8 Å². The second kappa shape index (κ2) is 14.7. The highest BCUT2D eigenvalue weighted by Gasteiger charge is 2.59. The molecule has 2 saturated heterocycles. The Bertz CT molecular complexity index is 1060. The Labute approximate surface area is 264 Å². The van der Waals surface area contributed by atoms with E-state index in [9.17, 15) is 45.6 Å². The van der Waals surface area contributed by atoms with Gasteiger partial charge in [0.1, 0.15) is 48.8 Å². The van der Waals surface area contributed by atoms with Crippen LogP contribution in [-0.4, -0.2) is 128 Å². The Hall–Kier alpha value is -1.49. The number of ether oxygens (including phenoxy) is 4. The number of aliphatic hydroxyl groups excluding tert-OH is 8. The van der Waals surface area contributed by atoms with Gasteiger partial charge in [-0.2, -0.15) is 0 Å². The molecule has 14 atom stereocenters. The summed E-state index contributed by atoms with van der Waals surface area (Å²) in [6, 6.07) is 0. The third-order valence-electron chi connectivity index (χ3n) is 10.9. The lowest BCUT2D eigenvalue weighted by atomic mass is 9.46. The van der Waals surface area contributed by atoms with Crippen LogP contribution in [0.15, 0.2) is 23.8 Å². The van der Waals surface area contributed by atoms with E-state index in [4.69, 9.17) is 18.9 Å². The maximum absolute atomic E-state index is 13.8. The molecule has 4 aliphatic rings. The number of esters is 1. The van der Waals surface area contributed by atoms with Gasteiger partial charge in [-0.3, -0.25) is 4.79 Å². The van der Waals surface area contributed by atoms with Gasteiger partial charge in [0.25, 0.3) is 0 Å². The molecule has 13 heteroatoms. The topological polar surface area (TPSA) is 216 Å². The average Bonchev–Trinajstić information content (AvgIpc) is 3.00. The van der Waals surface area contributed by atoms with Crippen molar-refractivity contribution in [3.63, 3.8) is 0 Å². The van der Waals surface area contributed by atoms with E-state index in [1.807, 2.05) is 19.9 Å².